The van der Waals surface area contributed by atoms with Crippen molar-refractivity contribution in [2.45, 2.75) is 6.42 Å². The van der Waals surface area contributed by atoms with Crippen molar-refractivity contribution in [2.24, 2.45) is 0 Å². The van der Waals surface area contributed by atoms with Crippen LogP contribution in [-0.4, -0.2) is 33.7 Å². The van der Waals surface area contributed by atoms with E-state index >= 15 is 0 Å². The molecule has 8 heteroatoms. The van der Waals surface area contributed by atoms with Gasteiger partial charge in [0.2, 0.25) is 5.01 Å². The maximum absolute atomic E-state index is 12.2. The summed E-state index contributed by atoms with van der Waals surface area (Å²) in [6.45, 7) is 0.369. The first-order valence-corrected chi connectivity index (χ1v) is 8.44. The van der Waals surface area contributed by atoms with Crippen molar-refractivity contribution >= 4 is 35.6 Å². The zero-order valence-corrected chi connectivity index (χ0v) is 15.2. The van der Waals surface area contributed by atoms with Gasteiger partial charge in [0, 0.05) is 18.5 Å². The number of amides is 1. The summed E-state index contributed by atoms with van der Waals surface area (Å²) in [5, 5.41) is 19.5. The molecule has 0 fully saturated rings. The second kappa shape index (κ2) is 9.07. The quantitative estimate of drug-likeness (QED) is 0.674. The van der Waals surface area contributed by atoms with E-state index in [9.17, 15) is 9.59 Å². The Bertz CT molecular complexity index is 882. The Morgan fingerprint density at radius 1 is 0.962 bits per heavy atom. The minimum absolute atomic E-state index is 0. The lowest BCUT2D eigenvalue weighted by atomic mass is 10.0. The Balaban J connectivity index is 0.00000243. The van der Waals surface area contributed by atoms with Crippen LogP contribution in [0.25, 0.3) is 11.1 Å². The lowest BCUT2D eigenvalue weighted by Crippen LogP contribution is -2.25. The van der Waals surface area contributed by atoms with Crippen molar-refractivity contribution in [3.05, 3.63) is 70.2 Å². The van der Waals surface area contributed by atoms with Gasteiger partial charge in [-0.2, -0.15) is 0 Å². The highest BCUT2D eigenvalue weighted by molar-refractivity contribution is 7.13. The first kappa shape index (κ1) is 19.6. The number of hydrogen-bond donors (Lipinski definition) is 2. The van der Waals surface area contributed by atoms with E-state index in [0.717, 1.165) is 22.5 Å². The lowest BCUT2D eigenvalue weighted by molar-refractivity contribution is 0.0695. The molecule has 0 saturated carbocycles. The van der Waals surface area contributed by atoms with Crippen LogP contribution in [0.4, 0.5) is 0 Å². The van der Waals surface area contributed by atoms with E-state index in [0.29, 0.717) is 23.5 Å². The number of nitrogens with zero attached hydrogens (tertiary/aromatic N) is 2. The van der Waals surface area contributed by atoms with Crippen molar-refractivity contribution in [2.75, 3.05) is 6.54 Å². The first-order chi connectivity index (χ1) is 12.1. The van der Waals surface area contributed by atoms with Gasteiger partial charge in [0.25, 0.3) is 5.91 Å². The average molecular weight is 390 g/mol. The highest BCUT2D eigenvalue weighted by atomic mass is 35.5. The van der Waals surface area contributed by atoms with E-state index in [1.54, 1.807) is 12.1 Å². The molecule has 3 aromatic rings. The van der Waals surface area contributed by atoms with Crippen LogP contribution in [0.2, 0.25) is 0 Å². The monoisotopic (exact) mass is 389 g/mol. The molecule has 0 radical (unpaired) electrons. The summed E-state index contributed by atoms with van der Waals surface area (Å²) in [4.78, 5) is 22.9. The van der Waals surface area contributed by atoms with Gasteiger partial charge in [-0.3, -0.25) is 4.79 Å². The van der Waals surface area contributed by atoms with Gasteiger partial charge < -0.3 is 10.4 Å². The molecule has 0 aliphatic heterocycles. The van der Waals surface area contributed by atoms with E-state index < -0.39 is 5.97 Å². The molecule has 26 heavy (non-hydrogen) atoms. The fourth-order valence-corrected chi connectivity index (χ4v) is 2.95. The molecule has 6 nitrogen and oxygen atoms in total. The Hall–Kier alpha value is -2.77. The van der Waals surface area contributed by atoms with Crippen molar-refractivity contribution in [3.63, 3.8) is 0 Å². The fraction of sp³-hybridized carbons (Fsp3) is 0.111. The van der Waals surface area contributed by atoms with E-state index in [1.807, 2.05) is 42.5 Å². The number of aromatic carboxylic acids is 1. The van der Waals surface area contributed by atoms with Crippen LogP contribution in [0.1, 0.15) is 25.2 Å². The number of rotatable bonds is 6. The molecule has 0 aliphatic rings. The maximum atomic E-state index is 12.2. The third-order valence-corrected chi connectivity index (χ3v) is 4.50. The molecular formula is C18H16ClN3O3S. The molecule has 134 valence electrons. The predicted octanol–water partition coefficient (Wildman–Crippen LogP) is 3.30. The zero-order valence-electron chi connectivity index (χ0n) is 13.6. The topological polar surface area (TPSA) is 92.2 Å². The normalized spacial score (nSPS) is 10.0. The fourth-order valence-electron chi connectivity index (χ4n) is 2.27. The number of nitrogens with one attached hydrogen (secondary N) is 1. The molecule has 3 rings (SSSR count). The first-order valence-electron chi connectivity index (χ1n) is 7.63. The summed E-state index contributed by atoms with van der Waals surface area (Å²) in [5.41, 5.74) is 2.72. The number of aromatic nitrogens is 2. The lowest BCUT2D eigenvalue weighted by Gasteiger charge is -2.06. The molecule has 0 unspecified atom stereocenters. The van der Waals surface area contributed by atoms with Gasteiger partial charge in [-0.1, -0.05) is 53.8 Å². The molecule has 1 aromatic heterocycles. The molecule has 0 atom stereocenters. The Morgan fingerprint density at radius 3 is 2.23 bits per heavy atom. The van der Waals surface area contributed by atoms with Crippen LogP contribution in [0.5, 0.6) is 0 Å². The van der Waals surface area contributed by atoms with Crippen LogP contribution < -0.4 is 5.32 Å². The number of benzene rings is 2. The third-order valence-electron chi connectivity index (χ3n) is 3.53. The molecule has 2 N–H and O–H groups in total. The smallest absolute Gasteiger partial charge is 0.367 e. The van der Waals surface area contributed by atoms with Gasteiger partial charge in [-0.15, -0.1) is 22.6 Å². The van der Waals surface area contributed by atoms with E-state index in [2.05, 4.69) is 15.5 Å². The van der Waals surface area contributed by atoms with Crippen LogP contribution in [-0.2, 0) is 6.42 Å². The Morgan fingerprint density at radius 2 is 1.62 bits per heavy atom. The highest BCUT2D eigenvalue weighted by Gasteiger charge is 2.11. The molecule has 2 aromatic carbocycles. The van der Waals surface area contributed by atoms with Crippen molar-refractivity contribution in [1.29, 1.82) is 0 Å². The van der Waals surface area contributed by atoms with Gasteiger partial charge in [0.15, 0.2) is 0 Å². The van der Waals surface area contributed by atoms with Crippen molar-refractivity contribution in [3.8, 4) is 11.1 Å². The van der Waals surface area contributed by atoms with E-state index in [4.69, 9.17) is 5.11 Å². The summed E-state index contributed by atoms with van der Waals surface area (Å²) < 4.78 is 0. The second-order valence-corrected chi connectivity index (χ2v) is 6.32. The van der Waals surface area contributed by atoms with Gasteiger partial charge >= 0.3 is 5.97 Å². The Kier molecular flexibility index (Phi) is 6.82. The minimum Gasteiger partial charge on any atom is -0.476 e. The molecule has 1 amide bonds. The third kappa shape index (κ3) is 4.87. The average Bonchev–Trinajstić information content (AvgIpc) is 3.12. The molecular weight excluding hydrogens is 374 g/mol. The molecule has 0 spiro atoms. The largest absolute Gasteiger partial charge is 0.476 e. The summed E-state index contributed by atoms with van der Waals surface area (Å²) in [5.74, 6) is -1.27. The van der Waals surface area contributed by atoms with Crippen LogP contribution in [0.15, 0.2) is 54.6 Å². The summed E-state index contributed by atoms with van der Waals surface area (Å²) >= 11 is 1.01. The van der Waals surface area contributed by atoms with Crippen molar-refractivity contribution in [1.82, 2.24) is 15.5 Å². The molecule has 0 bridgehead atoms. The standard InChI is InChI=1S/C18H15N3O3S.ClH/c22-16(19-11-10-15-20-21-17(25-15)18(23)24)14-8-6-13(7-9-14)12-4-2-1-3-5-12;/h1-9H,10-11H2,(H,19,22)(H,23,24);1H. The zero-order chi connectivity index (χ0) is 17.6. The summed E-state index contributed by atoms with van der Waals surface area (Å²) in [6.07, 6.45) is 0.443. The van der Waals surface area contributed by atoms with E-state index in [1.165, 1.54) is 0 Å². The summed E-state index contributed by atoms with van der Waals surface area (Å²) in [7, 11) is 0. The molecule has 1 heterocycles. The van der Waals surface area contributed by atoms with Gasteiger partial charge in [0.1, 0.15) is 5.01 Å². The van der Waals surface area contributed by atoms with Crippen LogP contribution in [0.3, 0.4) is 0 Å². The highest BCUT2D eigenvalue weighted by Crippen LogP contribution is 2.19. The van der Waals surface area contributed by atoms with Crippen LogP contribution >= 0.6 is 23.7 Å². The minimum atomic E-state index is -1.09. The number of hydrogen-bond acceptors (Lipinski definition) is 5. The maximum Gasteiger partial charge on any atom is 0.367 e. The van der Waals surface area contributed by atoms with Crippen LogP contribution in [0, 0.1) is 0 Å². The molecule has 0 saturated heterocycles. The number of carboxylic acids is 1. The van der Waals surface area contributed by atoms with Gasteiger partial charge in [-0.05, 0) is 23.3 Å². The number of carboxylic acid groups (broad SMARTS) is 1. The predicted molar refractivity (Wildman–Crippen MR) is 102 cm³/mol. The number of carbonyl (C=O) groups is 2. The van der Waals surface area contributed by atoms with Crippen molar-refractivity contribution < 1.29 is 14.7 Å². The van der Waals surface area contributed by atoms with Gasteiger partial charge in [0.05, 0.1) is 0 Å². The second-order valence-electron chi connectivity index (χ2n) is 5.26. The molecule has 0 aliphatic carbocycles. The summed E-state index contributed by atoms with van der Waals surface area (Å²) in [6, 6.07) is 17.3. The number of halogens is 1. The SMILES string of the molecule is Cl.O=C(NCCc1nnc(C(=O)O)s1)c1ccc(-c2ccccc2)cc1. The van der Waals surface area contributed by atoms with Gasteiger partial charge in [-0.25, -0.2) is 4.79 Å². The van der Waals surface area contributed by atoms with E-state index in [-0.39, 0.29) is 23.3 Å². The number of carbonyl (C=O) groups excluding carboxylic acids is 1. The Labute approximate surface area is 160 Å².